The Balaban J connectivity index is 1.80. The Labute approximate surface area is 104 Å². The predicted octanol–water partition coefficient (Wildman–Crippen LogP) is 1.64. The molecule has 0 N–H and O–H groups in total. The Hall–Kier alpha value is -0.160. The van der Waals surface area contributed by atoms with Gasteiger partial charge >= 0.3 is 0 Å². The normalized spacial score (nSPS) is 24.9. The van der Waals surface area contributed by atoms with Gasteiger partial charge in [-0.25, -0.2) is 0 Å². The van der Waals surface area contributed by atoms with Crippen molar-refractivity contribution >= 4 is 0 Å². The Morgan fingerprint density at radius 2 is 1.88 bits per heavy atom. The molecule has 2 fully saturated rings. The third-order valence-corrected chi connectivity index (χ3v) is 4.04. The smallest absolute Gasteiger partial charge is 0.168 e. The van der Waals surface area contributed by atoms with Crippen LogP contribution in [0, 0.1) is 0 Å². The Bertz CT molecular complexity index is 219. The van der Waals surface area contributed by atoms with Crippen LogP contribution in [0.3, 0.4) is 0 Å². The Morgan fingerprint density at radius 3 is 2.41 bits per heavy atom. The average Bonchev–Trinajstić information content (AvgIpc) is 2.81. The monoisotopic (exact) mass is 243 g/mol. The minimum atomic E-state index is -0.225. The molecule has 1 aliphatic heterocycles. The summed E-state index contributed by atoms with van der Waals surface area (Å²) in [6, 6.07) is 0.675. The molecule has 0 amide bonds. The highest BCUT2D eigenvalue weighted by Crippen LogP contribution is 2.37. The number of methoxy groups -OCH3 is 1. The van der Waals surface area contributed by atoms with E-state index in [9.17, 15) is 0 Å². The summed E-state index contributed by atoms with van der Waals surface area (Å²) < 4.78 is 16.7. The first-order valence-electron chi connectivity index (χ1n) is 6.80. The van der Waals surface area contributed by atoms with Gasteiger partial charge in [0.2, 0.25) is 0 Å². The molecule has 0 unspecified atom stereocenters. The second-order valence-electron chi connectivity index (χ2n) is 4.96. The van der Waals surface area contributed by atoms with E-state index in [-0.39, 0.29) is 5.79 Å². The van der Waals surface area contributed by atoms with Gasteiger partial charge in [0.15, 0.2) is 5.79 Å². The standard InChI is InChI=1S/C13H25NO3/c1-3-14(8-9-15-2)12-4-6-13(7-5-12)16-10-11-17-13/h12H,3-11H2,1-2H3. The highest BCUT2D eigenvalue weighted by Gasteiger charge is 2.41. The summed E-state index contributed by atoms with van der Waals surface area (Å²) in [6.45, 7) is 6.72. The van der Waals surface area contributed by atoms with Crippen LogP contribution in [0.1, 0.15) is 32.6 Å². The highest BCUT2D eigenvalue weighted by molar-refractivity contribution is 4.86. The van der Waals surface area contributed by atoms with E-state index in [1.165, 1.54) is 12.8 Å². The van der Waals surface area contributed by atoms with Crippen molar-refractivity contribution in [1.82, 2.24) is 4.90 Å². The molecule has 2 rings (SSSR count). The SMILES string of the molecule is CCN(CCOC)C1CCC2(CC1)OCCO2. The molecule has 0 radical (unpaired) electrons. The zero-order valence-corrected chi connectivity index (χ0v) is 11.1. The van der Waals surface area contributed by atoms with Crippen LogP contribution in [0.25, 0.3) is 0 Å². The predicted molar refractivity (Wildman–Crippen MR) is 66.0 cm³/mol. The van der Waals surface area contributed by atoms with Gasteiger partial charge in [-0.05, 0) is 19.4 Å². The summed E-state index contributed by atoms with van der Waals surface area (Å²) in [5.41, 5.74) is 0. The topological polar surface area (TPSA) is 30.9 Å². The number of hydrogen-bond acceptors (Lipinski definition) is 4. The van der Waals surface area contributed by atoms with Gasteiger partial charge in [-0.3, -0.25) is 4.90 Å². The van der Waals surface area contributed by atoms with E-state index in [4.69, 9.17) is 14.2 Å². The fourth-order valence-electron chi connectivity index (χ4n) is 3.00. The Kier molecular flexibility index (Phi) is 4.79. The van der Waals surface area contributed by atoms with E-state index < -0.39 is 0 Å². The molecule has 1 aliphatic carbocycles. The maximum absolute atomic E-state index is 5.76. The number of hydrogen-bond donors (Lipinski definition) is 0. The van der Waals surface area contributed by atoms with Gasteiger partial charge < -0.3 is 14.2 Å². The zero-order chi connectivity index (χ0) is 12.1. The van der Waals surface area contributed by atoms with Crippen LogP contribution < -0.4 is 0 Å². The van der Waals surface area contributed by atoms with Crippen LogP contribution in [0.4, 0.5) is 0 Å². The maximum atomic E-state index is 5.76. The van der Waals surface area contributed by atoms with Gasteiger partial charge in [-0.2, -0.15) is 0 Å². The molecule has 0 bridgehead atoms. The molecule has 100 valence electrons. The van der Waals surface area contributed by atoms with Crippen molar-refractivity contribution in [2.75, 3.05) is 40.0 Å². The van der Waals surface area contributed by atoms with Gasteiger partial charge in [0.1, 0.15) is 0 Å². The molecule has 0 aromatic rings. The summed E-state index contributed by atoms with van der Waals surface area (Å²) in [5, 5.41) is 0. The van der Waals surface area contributed by atoms with E-state index in [0.717, 1.165) is 45.8 Å². The summed E-state index contributed by atoms with van der Waals surface area (Å²) in [6.07, 6.45) is 4.44. The molecule has 0 aromatic heterocycles. The Morgan fingerprint density at radius 1 is 1.24 bits per heavy atom. The van der Waals surface area contributed by atoms with Gasteiger partial charge in [0.25, 0.3) is 0 Å². The third kappa shape index (κ3) is 3.19. The highest BCUT2D eigenvalue weighted by atomic mass is 16.7. The van der Waals surface area contributed by atoms with E-state index >= 15 is 0 Å². The van der Waals surface area contributed by atoms with Crippen molar-refractivity contribution in [3.05, 3.63) is 0 Å². The van der Waals surface area contributed by atoms with E-state index in [2.05, 4.69) is 11.8 Å². The molecule has 1 spiro atoms. The fraction of sp³-hybridized carbons (Fsp3) is 1.00. The lowest BCUT2D eigenvalue weighted by atomic mass is 9.89. The van der Waals surface area contributed by atoms with Crippen molar-refractivity contribution in [3.63, 3.8) is 0 Å². The molecule has 1 saturated carbocycles. The molecule has 4 heteroatoms. The molecule has 2 aliphatic rings. The van der Waals surface area contributed by atoms with Crippen LogP contribution >= 0.6 is 0 Å². The van der Waals surface area contributed by atoms with Crippen LogP contribution in [0.2, 0.25) is 0 Å². The lowest BCUT2D eigenvalue weighted by Gasteiger charge is -2.40. The fourth-order valence-corrected chi connectivity index (χ4v) is 3.00. The second kappa shape index (κ2) is 6.14. The molecule has 17 heavy (non-hydrogen) atoms. The van der Waals surface area contributed by atoms with E-state index in [1.807, 2.05) is 0 Å². The van der Waals surface area contributed by atoms with E-state index in [1.54, 1.807) is 7.11 Å². The van der Waals surface area contributed by atoms with Crippen molar-refractivity contribution in [2.45, 2.75) is 44.4 Å². The van der Waals surface area contributed by atoms with Gasteiger partial charge in [0.05, 0.1) is 19.8 Å². The van der Waals surface area contributed by atoms with Crippen molar-refractivity contribution in [3.8, 4) is 0 Å². The van der Waals surface area contributed by atoms with Crippen LogP contribution in [-0.4, -0.2) is 56.7 Å². The summed E-state index contributed by atoms with van der Waals surface area (Å²) in [4.78, 5) is 2.52. The maximum Gasteiger partial charge on any atom is 0.168 e. The number of rotatable bonds is 5. The molecule has 0 aromatic carbocycles. The number of ether oxygens (including phenoxy) is 3. The second-order valence-corrected chi connectivity index (χ2v) is 4.96. The molecule has 4 nitrogen and oxygen atoms in total. The van der Waals surface area contributed by atoms with Crippen LogP contribution in [0.5, 0.6) is 0 Å². The van der Waals surface area contributed by atoms with Gasteiger partial charge in [-0.15, -0.1) is 0 Å². The number of likely N-dealkylation sites (N-methyl/N-ethyl adjacent to an activating group) is 1. The van der Waals surface area contributed by atoms with Crippen LogP contribution in [0.15, 0.2) is 0 Å². The van der Waals surface area contributed by atoms with Crippen molar-refractivity contribution < 1.29 is 14.2 Å². The minimum Gasteiger partial charge on any atom is -0.383 e. The summed E-state index contributed by atoms with van der Waals surface area (Å²) in [5.74, 6) is -0.225. The quantitative estimate of drug-likeness (QED) is 0.734. The van der Waals surface area contributed by atoms with Gasteiger partial charge in [-0.1, -0.05) is 6.92 Å². The summed E-state index contributed by atoms with van der Waals surface area (Å²) >= 11 is 0. The van der Waals surface area contributed by atoms with E-state index in [0.29, 0.717) is 6.04 Å². The number of nitrogens with zero attached hydrogens (tertiary/aromatic N) is 1. The first-order chi connectivity index (χ1) is 8.29. The third-order valence-electron chi connectivity index (χ3n) is 4.04. The van der Waals surface area contributed by atoms with Crippen molar-refractivity contribution in [1.29, 1.82) is 0 Å². The molecule has 0 atom stereocenters. The minimum absolute atomic E-state index is 0.225. The molecular formula is C13H25NO3. The lowest BCUT2D eigenvalue weighted by molar-refractivity contribution is -0.184. The van der Waals surface area contributed by atoms with Gasteiger partial charge in [0, 0.05) is 32.5 Å². The lowest BCUT2D eigenvalue weighted by Crippen LogP contribution is -2.45. The largest absolute Gasteiger partial charge is 0.383 e. The summed E-state index contributed by atoms with van der Waals surface area (Å²) in [7, 11) is 1.77. The van der Waals surface area contributed by atoms with Crippen molar-refractivity contribution in [2.24, 2.45) is 0 Å². The first kappa shape index (κ1) is 13.3. The first-order valence-corrected chi connectivity index (χ1v) is 6.80. The molecular weight excluding hydrogens is 218 g/mol. The van der Waals surface area contributed by atoms with Crippen LogP contribution in [-0.2, 0) is 14.2 Å². The average molecular weight is 243 g/mol. The zero-order valence-electron chi connectivity index (χ0n) is 11.1. The molecule has 1 saturated heterocycles. The molecule has 1 heterocycles.